The van der Waals surface area contributed by atoms with Gasteiger partial charge in [-0.1, -0.05) is 65.6 Å². The maximum Gasteiger partial charge on any atom is 0.0344 e. The molecule has 2 fully saturated rings. The summed E-state index contributed by atoms with van der Waals surface area (Å²) in [6.07, 6.45) is 9.80. The van der Waals surface area contributed by atoms with E-state index in [-0.39, 0.29) is 5.41 Å². The molecule has 1 saturated heterocycles. The molecule has 1 aliphatic heterocycles. The molecular formula is C34H60N4S. The number of aryl methyl sites for hydroxylation is 1. The average Bonchev–Trinajstić information content (AvgIpc) is 3.48. The van der Waals surface area contributed by atoms with Gasteiger partial charge in [-0.15, -0.1) is 13.2 Å². The Morgan fingerprint density at radius 2 is 1.87 bits per heavy atom. The Morgan fingerprint density at radius 3 is 2.26 bits per heavy atom. The van der Waals surface area contributed by atoms with Gasteiger partial charge in [-0.2, -0.15) is 0 Å². The van der Waals surface area contributed by atoms with Crippen LogP contribution >= 0.6 is 12.2 Å². The molecule has 5 heteroatoms. The van der Waals surface area contributed by atoms with Crippen molar-refractivity contribution in [1.82, 2.24) is 15.5 Å². The highest BCUT2D eigenvalue weighted by Crippen LogP contribution is 2.41. The Bertz CT molecular complexity index is 886. The van der Waals surface area contributed by atoms with Gasteiger partial charge >= 0.3 is 0 Å². The maximum absolute atomic E-state index is 5.81. The third-order valence-electron chi connectivity index (χ3n) is 8.12. The van der Waals surface area contributed by atoms with Crippen molar-refractivity contribution in [3.8, 4) is 0 Å². The van der Waals surface area contributed by atoms with Gasteiger partial charge in [0.25, 0.3) is 0 Å². The topological polar surface area (TPSA) is 53.3 Å². The Kier molecular flexibility index (Phi) is 17.3. The summed E-state index contributed by atoms with van der Waals surface area (Å²) in [6.45, 7) is 31.3. The number of benzene rings is 1. The summed E-state index contributed by atoms with van der Waals surface area (Å²) in [6, 6.07) is 8.59. The Labute approximate surface area is 247 Å². The minimum atomic E-state index is 0.214. The first-order valence-corrected chi connectivity index (χ1v) is 15.0. The zero-order valence-electron chi connectivity index (χ0n) is 26.7. The highest BCUT2D eigenvalue weighted by atomic mass is 32.1. The van der Waals surface area contributed by atoms with Crippen LogP contribution in [-0.4, -0.2) is 41.0 Å². The molecule has 1 aromatic rings. The van der Waals surface area contributed by atoms with Gasteiger partial charge in [0.1, 0.15) is 0 Å². The smallest absolute Gasteiger partial charge is 0.0344 e. The molecule has 5 atom stereocenters. The fourth-order valence-electron chi connectivity index (χ4n) is 5.06. The summed E-state index contributed by atoms with van der Waals surface area (Å²) >= 11 is 5.01. The first-order chi connectivity index (χ1) is 18.2. The van der Waals surface area contributed by atoms with Gasteiger partial charge < -0.3 is 21.3 Å². The number of likely N-dealkylation sites (tertiary alicyclic amines) is 1. The van der Waals surface area contributed by atoms with Gasteiger partial charge in [0.05, 0.1) is 0 Å². The fraction of sp³-hybridized carbons (Fsp3) is 0.618. The van der Waals surface area contributed by atoms with Crippen molar-refractivity contribution in [3.63, 3.8) is 0 Å². The second-order valence-electron chi connectivity index (χ2n) is 12.1. The SMILES string of the molecule is C=C.C=C(NC(C)C(C)(C)C)c1ccc(N)c(C)c1.C=CN1C2CCC(C2)C1C.CCCC(CC(C)=S)NC. The van der Waals surface area contributed by atoms with Crippen molar-refractivity contribution in [2.24, 2.45) is 11.3 Å². The number of nitrogens with zero attached hydrogens (tertiary/aromatic N) is 1. The number of nitrogen functional groups attached to an aromatic ring is 1. The molecule has 222 valence electrons. The van der Waals surface area contributed by atoms with Crippen molar-refractivity contribution >= 4 is 28.5 Å². The van der Waals surface area contributed by atoms with E-state index in [1.54, 1.807) is 0 Å². The van der Waals surface area contributed by atoms with Crippen molar-refractivity contribution in [2.75, 3.05) is 12.8 Å². The summed E-state index contributed by atoms with van der Waals surface area (Å²) in [5.74, 6) is 0.975. The lowest BCUT2D eigenvalue weighted by atomic mass is 9.87. The minimum Gasteiger partial charge on any atom is -0.399 e. The molecule has 0 amide bonds. The van der Waals surface area contributed by atoms with E-state index in [0.29, 0.717) is 12.1 Å². The number of hydrogen-bond acceptors (Lipinski definition) is 5. The van der Waals surface area contributed by atoms with E-state index in [2.05, 4.69) is 89.5 Å². The van der Waals surface area contributed by atoms with Gasteiger partial charge in [0.2, 0.25) is 0 Å². The lowest BCUT2D eigenvalue weighted by Crippen LogP contribution is -2.36. The highest BCUT2D eigenvalue weighted by molar-refractivity contribution is 7.80. The molecule has 2 aliphatic rings. The van der Waals surface area contributed by atoms with Crippen molar-refractivity contribution < 1.29 is 0 Å². The van der Waals surface area contributed by atoms with Crippen LogP contribution in [0, 0.1) is 18.3 Å². The first kappa shape index (κ1) is 36.9. The van der Waals surface area contributed by atoms with Crippen LogP contribution in [0.15, 0.2) is 50.7 Å². The lowest BCUT2D eigenvalue weighted by Gasteiger charge is -2.31. The first-order valence-electron chi connectivity index (χ1n) is 14.6. The standard InChI is InChI=1S/C15H24N2.C9H15N.C8H17NS.C2H4/c1-10-9-13(7-8-14(10)16)11(2)17-12(3)15(4,5)6;1-3-10-7(2)8-4-5-9(10)6-8;1-4-5-8(9-3)6-7(2)10;1-2/h7-9,12,17H,2,16H2,1,3-6H3;3,7-9H,1,4-6H2,2H3;8-9H,4-6H2,1-3H3;1-2H2. The van der Waals surface area contributed by atoms with E-state index in [1.165, 1.54) is 32.1 Å². The van der Waals surface area contributed by atoms with E-state index in [0.717, 1.165) is 51.8 Å². The van der Waals surface area contributed by atoms with Crippen molar-refractivity contribution in [2.45, 2.75) is 118 Å². The summed E-state index contributed by atoms with van der Waals surface area (Å²) in [5, 5.41) is 6.69. The molecule has 5 unspecified atom stereocenters. The third-order valence-corrected chi connectivity index (χ3v) is 8.28. The summed E-state index contributed by atoms with van der Waals surface area (Å²) in [7, 11) is 2.00. The van der Waals surface area contributed by atoms with E-state index in [4.69, 9.17) is 18.0 Å². The van der Waals surface area contributed by atoms with Gasteiger partial charge in [-0.05, 0) is 113 Å². The average molecular weight is 557 g/mol. The zero-order valence-corrected chi connectivity index (χ0v) is 27.5. The molecule has 0 aromatic heterocycles. The molecule has 1 heterocycles. The second-order valence-corrected chi connectivity index (χ2v) is 12.8. The summed E-state index contributed by atoms with van der Waals surface area (Å²) in [5.41, 5.74) is 10.00. The van der Waals surface area contributed by atoms with Gasteiger partial charge in [-0.25, -0.2) is 0 Å². The highest BCUT2D eigenvalue weighted by Gasteiger charge is 2.41. The van der Waals surface area contributed by atoms with Gasteiger partial charge in [0, 0.05) is 35.6 Å². The van der Waals surface area contributed by atoms with E-state index < -0.39 is 0 Å². The molecule has 4 nitrogen and oxygen atoms in total. The number of hydrogen-bond donors (Lipinski definition) is 3. The number of anilines is 1. The quantitative estimate of drug-likeness (QED) is 0.162. The minimum absolute atomic E-state index is 0.214. The molecule has 2 bridgehead atoms. The summed E-state index contributed by atoms with van der Waals surface area (Å²) < 4.78 is 0. The number of fused-ring (bicyclic) bond motifs is 2. The van der Waals surface area contributed by atoms with Crippen LogP contribution < -0.4 is 16.4 Å². The molecule has 4 N–H and O–H groups in total. The molecule has 3 rings (SSSR count). The predicted octanol–water partition coefficient (Wildman–Crippen LogP) is 8.53. The molecule has 0 radical (unpaired) electrons. The molecule has 1 aliphatic carbocycles. The van der Waals surface area contributed by atoms with Crippen LogP contribution in [0.3, 0.4) is 0 Å². The van der Waals surface area contributed by atoms with Gasteiger partial charge in [0.15, 0.2) is 0 Å². The molecule has 1 aromatic carbocycles. The largest absolute Gasteiger partial charge is 0.399 e. The van der Waals surface area contributed by atoms with Crippen LogP contribution in [0.5, 0.6) is 0 Å². The normalized spacial score (nSPS) is 20.6. The van der Waals surface area contributed by atoms with E-state index in [9.17, 15) is 0 Å². The fourth-order valence-corrected chi connectivity index (χ4v) is 5.26. The second kappa shape index (κ2) is 18.3. The molecule has 1 saturated carbocycles. The monoisotopic (exact) mass is 556 g/mol. The van der Waals surface area contributed by atoms with Crippen LogP contribution in [0.1, 0.15) is 98.1 Å². The van der Waals surface area contributed by atoms with Crippen LogP contribution in [-0.2, 0) is 0 Å². The number of rotatable bonds is 9. The lowest BCUT2D eigenvalue weighted by molar-refractivity contribution is 0.219. The van der Waals surface area contributed by atoms with E-state index >= 15 is 0 Å². The Hall–Kier alpha value is -2.11. The van der Waals surface area contributed by atoms with Crippen LogP contribution in [0.4, 0.5) is 5.69 Å². The van der Waals surface area contributed by atoms with Crippen LogP contribution in [0.25, 0.3) is 5.70 Å². The number of nitrogens with two attached hydrogens (primary N) is 1. The molecule has 39 heavy (non-hydrogen) atoms. The summed E-state index contributed by atoms with van der Waals surface area (Å²) in [4.78, 5) is 3.54. The Morgan fingerprint density at radius 1 is 1.26 bits per heavy atom. The number of nitrogens with one attached hydrogen (secondary N) is 2. The Balaban J connectivity index is 0.000000566. The maximum atomic E-state index is 5.81. The molecular weight excluding hydrogens is 496 g/mol. The van der Waals surface area contributed by atoms with Crippen molar-refractivity contribution in [3.05, 3.63) is 61.8 Å². The van der Waals surface area contributed by atoms with Gasteiger partial charge in [-0.3, -0.25) is 0 Å². The predicted molar refractivity (Wildman–Crippen MR) is 181 cm³/mol. The number of thiocarbonyl (C=S) groups is 1. The molecule has 0 spiro atoms. The van der Waals surface area contributed by atoms with Crippen LogP contribution in [0.2, 0.25) is 0 Å². The number of piperidine rings is 1. The van der Waals surface area contributed by atoms with Crippen molar-refractivity contribution in [1.29, 1.82) is 0 Å². The van der Waals surface area contributed by atoms with E-state index in [1.807, 2.05) is 39.2 Å². The third kappa shape index (κ3) is 12.7. The zero-order chi connectivity index (χ0) is 30.3.